The molecule has 4 rings (SSSR count). The number of nitrogens with zero attached hydrogens (tertiary/aromatic N) is 2. The smallest absolute Gasteiger partial charge is 0.396 e. The predicted molar refractivity (Wildman–Crippen MR) is 128 cm³/mol. The number of hydrogen-bond donors (Lipinski definition) is 3. The van der Waals surface area contributed by atoms with E-state index in [-0.39, 0.29) is 48.4 Å². The van der Waals surface area contributed by atoms with Crippen molar-refractivity contribution in [1.82, 2.24) is 14.5 Å². The maximum absolute atomic E-state index is 14.3. The van der Waals surface area contributed by atoms with Gasteiger partial charge >= 0.3 is 12.1 Å². The summed E-state index contributed by atoms with van der Waals surface area (Å²) in [6.07, 6.45) is 7.02. The molecule has 2 aliphatic rings. The monoisotopic (exact) mass is 503 g/mol. The Kier molecular flexibility index (Phi) is 7.46. The number of nitrogens with one attached hydrogen (secondary N) is 2. The highest BCUT2D eigenvalue weighted by Gasteiger charge is 2.52. The molecule has 1 aliphatic carbocycles. The summed E-state index contributed by atoms with van der Waals surface area (Å²) in [6.45, 7) is 1.69. The Labute approximate surface area is 206 Å². The molecule has 36 heavy (non-hydrogen) atoms. The average molecular weight is 504 g/mol. The number of aliphatic hydroxyl groups excluding tert-OH is 1. The lowest BCUT2D eigenvalue weighted by molar-refractivity contribution is -0.139. The van der Waals surface area contributed by atoms with Gasteiger partial charge in [0.1, 0.15) is 11.1 Å². The number of quaternary nitrogens is 1. The van der Waals surface area contributed by atoms with Crippen LogP contribution in [-0.2, 0) is 11.0 Å². The number of aromatic nitrogens is 2. The number of carbonyl (C=O) groups is 2. The van der Waals surface area contributed by atoms with Crippen LogP contribution in [-0.4, -0.2) is 46.6 Å². The van der Waals surface area contributed by atoms with Gasteiger partial charge in [0, 0.05) is 31.3 Å². The summed E-state index contributed by atoms with van der Waals surface area (Å²) in [5.74, 6) is -1.17. The second-order valence-corrected chi connectivity index (χ2v) is 9.42. The van der Waals surface area contributed by atoms with E-state index in [0.717, 1.165) is 24.5 Å². The topological polar surface area (TPSA) is 98.3 Å². The first-order chi connectivity index (χ1) is 17.2. The number of aromatic amines is 2. The molecule has 0 spiro atoms. The molecule has 3 atom stereocenters. The molecule has 3 unspecified atom stereocenters. The molecule has 0 saturated carbocycles. The molecular weight excluding hydrogens is 473 g/mol. The van der Waals surface area contributed by atoms with Gasteiger partial charge < -0.3 is 15.1 Å². The summed E-state index contributed by atoms with van der Waals surface area (Å²) < 4.78 is 42.2. The first kappa shape index (κ1) is 25.8. The number of H-pyrrole nitrogens is 2. The first-order valence-corrected chi connectivity index (χ1v) is 12.0. The van der Waals surface area contributed by atoms with Gasteiger partial charge in [-0.1, -0.05) is 29.9 Å². The molecule has 10 heteroatoms. The number of allylic oxidation sites excluding steroid dienone is 3. The van der Waals surface area contributed by atoms with Crippen LogP contribution in [0.2, 0.25) is 0 Å². The number of para-hydroxylation sites is 1. The van der Waals surface area contributed by atoms with Crippen LogP contribution in [0.5, 0.6) is 0 Å². The third-order valence-electron chi connectivity index (χ3n) is 7.18. The molecule has 192 valence electrons. The van der Waals surface area contributed by atoms with E-state index in [9.17, 15) is 22.8 Å². The van der Waals surface area contributed by atoms with Gasteiger partial charge in [-0.2, -0.15) is 18.2 Å². The zero-order chi connectivity index (χ0) is 25.9. The molecule has 7 nitrogen and oxygen atoms in total. The van der Waals surface area contributed by atoms with E-state index in [1.54, 1.807) is 0 Å². The van der Waals surface area contributed by atoms with Crippen LogP contribution in [0.25, 0.3) is 0 Å². The van der Waals surface area contributed by atoms with Crippen LogP contribution < -0.4 is 10.1 Å². The van der Waals surface area contributed by atoms with Crippen molar-refractivity contribution in [2.75, 3.05) is 19.7 Å². The Balaban J connectivity index is 1.77. The molecule has 0 radical (unpaired) electrons. The third kappa shape index (κ3) is 5.15. The number of likely N-dealkylation sites (tertiary alicyclic amines) is 1. The molecule has 2 heterocycles. The minimum absolute atomic E-state index is 0.102. The van der Waals surface area contributed by atoms with Crippen molar-refractivity contribution >= 4 is 17.5 Å². The number of aliphatic hydroxyl groups is 1. The number of alkyl halides is 3. The fourth-order valence-corrected chi connectivity index (χ4v) is 5.43. The molecule has 0 bridgehead atoms. The van der Waals surface area contributed by atoms with E-state index in [4.69, 9.17) is 5.11 Å². The fraction of sp³-hybridized carbons (Fsp3) is 0.423. The molecular formula is C26H30F3N4O3+. The minimum Gasteiger partial charge on any atom is -0.396 e. The zero-order valence-electron chi connectivity index (χ0n) is 20.0. The van der Waals surface area contributed by atoms with Crippen molar-refractivity contribution in [1.29, 1.82) is 0 Å². The summed E-state index contributed by atoms with van der Waals surface area (Å²) in [5.41, 5.74) is -0.367. The van der Waals surface area contributed by atoms with Gasteiger partial charge in [-0.05, 0) is 37.3 Å². The second-order valence-electron chi connectivity index (χ2n) is 9.42. The fourth-order valence-electron chi connectivity index (χ4n) is 5.43. The Bertz CT molecular complexity index is 1240. The molecule has 1 aliphatic heterocycles. The van der Waals surface area contributed by atoms with Crippen LogP contribution in [0, 0.1) is 11.8 Å². The molecule has 2 amide bonds. The number of hydrogen-bond acceptors (Lipinski definition) is 3. The van der Waals surface area contributed by atoms with E-state index in [1.165, 1.54) is 31.5 Å². The first-order valence-electron chi connectivity index (χ1n) is 12.0. The maximum Gasteiger partial charge on any atom is 0.422 e. The van der Waals surface area contributed by atoms with Gasteiger partial charge in [0.2, 0.25) is 5.62 Å². The van der Waals surface area contributed by atoms with Crippen LogP contribution in [0.4, 0.5) is 18.9 Å². The molecule has 1 aromatic carbocycles. The summed E-state index contributed by atoms with van der Waals surface area (Å²) in [7, 11) is 0. The summed E-state index contributed by atoms with van der Waals surface area (Å²) in [5, 5.41) is 9.16. The number of halogens is 3. The normalized spacial score (nSPS) is 24.0. The van der Waals surface area contributed by atoms with Gasteiger partial charge in [0.25, 0.3) is 5.91 Å². The summed E-state index contributed by atoms with van der Waals surface area (Å²) in [4.78, 5) is 35.6. The van der Waals surface area contributed by atoms with Gasteiger partial charge in [0.15, 0.2) is 5.69 Å². The van der Waals surface area contributed by atoms with Crippen molar-refractivity contribution in [3.63, 3.8) is 0 Å². The second kappa shape index (κ2) is 10.4. The number of imidazole rings is 1. The lowest BCUT2D eigenvalue weighted by Gasteiger charge is -2.34. The van der Waals surface area contributed by atoms with Gasteiger partial charge in [-0.15, -0.1) is 0 Å². The van der Waals surface area contributed by atoms with E-state index in [2.05, 4.69) is 21.0 Å². The standard InChI is InChI=1S/C26H29F3N4O3/c1-17(35)33(13-10-20(16-33)19-7-2-5-18(15-19)6-4-14-34)23-21(8-3-9-22(23)26(27,28)29)24(36)32-25-30-11-12-31-25/h2-3,5,7-9,11-12,18,20,34H,4,6,10,13-16H2,1H3,(H-,30,31,32,36)/p+1. The lowest BCUT2D eigenvalue weighted by Crippen LogP contribution is -2.53. The summed E-state index contributed by atoms with van der Waals surface area (Å²) in [6, 6.07) is 3.41. The highest BCUT2D eigenvalue weighted by molar-refractivity contribution is 6.04. The third-order valence-corrected chi connectivity index (χ3v) is 7.18. The van der Waals surface area contributed by atoms with Gasteiger partial charge in [-0.3, -0.25) is 4.79 Å². The number of benzene rings is 1. The predicted octanol–water partition coefficient (Wildman–Crippen LogP) is 4.25. The Hall–Kier alpha value is -3.24. The SMILES string of the molecule is CC(=O)[N+]1(c2c(C(=O)N=c3[nH]cc[nH]3)cccc2C(F)(F)F)CCC(C2=CC=CC(CCCO)C2)C1. The summed E-state index contributed by atoms with van der Waals surface area (Å²) >= 11 is 0. The van der Waals surface area contributed by atoms with Crippen LogP contribution in [0.15, 0.2) is 59.4 Å². The van der Waals surface area contributed by atoms with E-state index in [0.29, 0.717) is 12.8 Å². The molecule has 1 fully saturated rings. The van der Waals surface area contributed by atoms with Crippen LogP contribution >= 0.6 is 0 Å². The van der Waals surface area contributed by atoms with Gasteiger partial charge in [-0.25, -0.2) is 9.28 Å². The zero-order valence-corrected chi connectivity index (χ0v) is 20.0. The number of amides is 2. The van der Waals surface area contributed by atoms with E-state index >= 15 is 0 Å². The average Bonchev–Trinajstić information content (AvgIpc) is 3.53. The number of carbonyl (C=O) groups excluding carboxylic acids is 2. The Morgan fingerprint density at radius 1 is 1.22 bits per heavy atom. The van der Waals surface area contributed by atoms with Crippen molar-refractivity contribution in [2.45, 2.75) is 38.8 Å². The minimum atomic E-state index is -4.76. The highest BCUT2D eigenvalue weighted by Crippen LogP contribution is 2.46. The van der Waals surface area contributed by atoms with Gasteiger partial charge in [0.05, 0.1) is 20.0 Å². The maximum atomic E-state index is 14.3. The van der Waals surface area contributed by atoms with Crippen molar-refractivity contribution in [3.05, 3.63) is 71.1 Å². The van der Waals surface area contributed by atoms with Crippen LogP contribution in [0.3, 0.4) is 0 Å². The van der Waals surface area contributed by atoms with Crippen molar-refractivity contribution in [3.8, 4) is 0 Å². The van der Waals surface area contributed by atoms with Crippen molar-refractivity contribution < 1.29 is 27.9 Å². The Morgan fingerprint density at radius 2 is 1.97 bits per heavy atom. The quantitative estimate of drug-likeness (QED) is 0.514. The highest BCUT2D eigenvalue weighted by atomic mass is 19.4. The van der Waals surface area contributed by atoms with E-state index in [1.807, 2.05) is 12.2 Å². The molecule has 1 saturated heterocycles. The Morgan fingerprint density at radius 3 is 2.64 bits per heavy atom. The molecule has 2 aromatic rings. The lowest BCUT2D eigenvalue weighted by atomic mass is 9.84. The molecule has 3 N–H and O–H groups in total. The van der Waals surface area contributed by atoms with E-state index < -0.39 is 28.0 Å². The largest absolute Gasteiger partial charge is 0.422 e. The number of rotatable bonds is 6. The van der Waals surface area contributed by atoms with Crippen LogP contribution in [0.1, 0.15) is 48.5 Å². The molecule has 1 aromatic heterocycles. The van der Waals surface area contributed by atoms with Crippen molar-refractivity contribution in [2.24, 2.45) is 16.8 Å².